The van der Waals surface area contributed by atoms with Gasteiger partial charge in [0.2, 0.25) is 5.76 Å². The molecular formula is C21H20N2O8. The number of carbonyl (C=O) groups excluding carboxylic acids is 4. The van der Waals surface area contributed by atoms with Gasteiger partial charge in [0.15, 0.2) is 6.61 Å². The van der Waals surface area contributed by atoms with Crippen LogP contribution in [0.4, 0.5) is 4.79 Å². The van der Waals surface area contributed by atoms with Crippen LogP contribution < -0.4 is 10.1 Å². The first kappa shape index (κ1) is 21.6. The normalized spacial score (nSPS) is 14.5. The van der Waals surface area contributed by atoms with Crippen LogP contribution in [0.2, 0.25) is 0 Å². The lowest BCUT2D eigenvalue weighted by atomic mass is 10.2. The van der Waals surface area contributed by atoms with Gasteiger partial charge in [-0.05, 0) is 42.8 Å². The molecule has 0 atom stereocenters. The Morgan fingerprint density at radius 1 is 1.13 bits per heavy atom. The van der Waals surface area contributed by atoms with E-state index in [0.717, 1.165) is 4.90 Å². The van der Waals surface area contributed by atoms with E-state index < -0.39 is 23.9 Å². The van der Waals surface area contributed by atoms with Crippen molar-refractivity contribution in [3.05, 3.63) is 59.2 Å². The van der Waals surface area contributed by atoms with Crippen LogP contribution in [-0.2, 0) is 25.6 Å². The third kappa shape index (κ3) is 5.30. The predicted octanol–water partition coefficient (Wildman–Crippen LogP) is 2.10. The molecule has 0 radical (unpaired) electrons. The molecule has 0 unspecified atom stereocenters. The largest absolute Gasteiger partial charge is 0.482 e. The topological polar surface area (TPSA) is 124 Å². The number of amides is 3. The average molecular weight is 428 g/mol. The van der Waals surface area contributed by atoms with Crippen LogP contribution in [0.25, 0.3) is 6.08 Å². The Hall–Kier alpha value is -4.08. The van der Waals surface area contributed by atoms with Crippen molar-refractivity contribution in [2.45, 2.75) is 13.5 Å². The lowest BCUT2D eigenvalue weighted by molar-refractivity contribution is -0.145. The standard InChI is InChI=1S/C21H20N2O8/c1-3-29-18(24)12-30-14-6-4-13(5-7-14)10-16-19(25)23(21(27)22-16)11-15-8-9-17(31-15)20(26)28-2/h4-10H,3,11-12H2,1-2H3,(H,22,27). The zero-order valence-electron chi connectivity index (χ0n) is 16.9. The molecule has 0 spiro atoms. The number of rotatable bonds is 8. The maximum atomic E-state index is 12.6. The fourth-order valence-corrected chi connectivity index (χ4v) is 2.72. The van der Waals surface area contributed by atoms with Gasteiger partial charge in [-0.25, -0.2) is 14.4 Å². The van der Waals surface area contributed by atoms with Crippen molar-refractivity contribution >= 4 is 30.0 Å². The number of nitrogens with one attached hydrogen (secondary N) is 1. The Morgan fingerprint density at radius 2 is 1.87 bits per heavy atom. The van der Waals surface area contributed by atoms with E-state index in [1.54, 1.807) is 31.2 Å². The Morgan fingerprint density at radius 3 is 2.55 bits per heavy atom. The zero-order chi connectivity index (χ0) is 22.4. The van der Waals surface area contributed by atoms with E-state index in [9.17, 15) is 19.2 Å². The van der Waals surface area contributed by atoms with Crippen LogP contribution in [0.3, 0.4) is 0 Å². The van der Waals surface area contributed by atoms with Crippen molar-refractivity contribution in [3.63, 3.8) is 0 Å². The van der Waals surface area contributed by atoms with Gasteiger partial charge in [-0.3, -0.25) is 9.69 Å². The highest BCUT2D eigenvalue weighted by Gasteiger charge is 2.34. The van der Waals surface area contributed by atoms with Crippen molar-refractivity contribution in [1.29, 1.82) is 0 Å². The second kappa shape index (κ2) is 9.61. The molecule has 1 saturated heterocycles. The molecule has 1 aromatic carbocycles. The highest BCUT2D eigenvalue weighted by Crippen LogP contribution is 2.20. The van der Waals surface area contributed by atoms with Crippen molar-refractivity contribution in [2.24, 2.45) is 0 Å². The fraction of sp³-hybridized carbons (Fsp3) is 0.238. The maximum Gasteiger partial charge on any atom is 0.373 e. The number of urea groups is 1. The van der Waals surface area contributed by atoms with Gasteiger partial charge < -0.3 is 23.9 Å². The second-order valence-corrected chi connectivity index (χ2v) is 6.30. The number of methoxy groups -OCH3 is 1. The number of hydrogen-bond donors (Lipinski definition) is 1. The Balaban J connectivity index is 1.64. The SMILES string of the molecule is CCOC(=O)COc1ccc(C=C2NC(=O)N(Cc3ccc(C(=O)OC)o3)C2=O)cc1. The van der Waals surface area contributed by atoms with Gasteiger partial charge in [-0.1, -0.05) is 12.1 Å². The molecule has 31 heavy (non-hydrogen) atoms. The summed E-state index contributed by atoms with van der Waals surface area (Å²) in [7, 11) is 1.22. The first-order valence-corrected chi connectivity index (χ1v) is 9.31. The third-order valence-corrected chi connectivity index (χ3v) is 4.18. The molecule has 1 fully saturated rings. The highest BCUT2D eigenvalue weighted by molar-refractivity contribution is 6.13. The molecule has 1 aliphatic rings. The molecule has 1 aliphatic heterocycles. The summed E-state index contributed by atoms with van der Waals surface area (Å²) in [5, 5.41) is 2.50. The molecule has 0 saturated carbocycles. The van der Waals surface area contributed by atoms with Crippen LogP contribution in [0.5, 0.6) is 5.75 Å². The average Bonchev–Trinajstić information content (AvgIpc) is 3.33. The number of carbonyl (C=O) groups is 4. The summed E-state index contributed by atoms with van der Waals surface area (Å²) in [5.74, 6) is -0.970. The van der Waals surface area contributed by atoms with Crippen molar-refractivity contribution < 1.29 is 37.8 Å². The smallest absolute Gasteiger partial charge is 0.373 e. The van der Waals surface area contributed by atoms with E-state index >= 15 is 0 Å². The minimum atomic E-state index is -0.654. The van der Waals surface area contributed by atoms with Gasteiger partial charge in [-0.2, -0.15) is 0 Å². The number of nitrogens with zero attached hydrogens (tertiary/aromatic N) is 1. The maximum absolute atomic E-state index is 12.6. The first-order chi connectivity index (χ1) is 14.9. The monoisotopic (exact) mass is 428 g/mol. The summed E-state index contributed by atoms with van der Waals surface area (Å²) in [6.07, 6.45) is 1.51. The first-order valence-electron chi connectivity index (χ1n) is 9.31. The lowest BCUT2D eigenvalue weighted by Crippen LogP contribution is -2.30. The molecule has 162 valence electrons. The summed E-state index contributed by atoms with van der Waals surface area (Å²) in [6.45, 7) is 1.64. The molecule has 0 aliphatic carbocycles. The minimum absolute atomic E-state index is 0.0226. The Labute approximate surface area is 177 Å². The number of benzene rings is 1. The summed E-state index contributed by atoms with van der Waals surface area (Å²) in [4.78, 5) is 48.5. The van der Waals surface area contributed by atoms with Crippen LogP contribution in [0, 0.1) is 0 Å². The van der Waals surface area contributed by atoms with Crippen molar-refractivity contribution in [2.75, 3.05) is 20.3 Å². The van der Waals surface area contributed by atoms with E-state index in [1.807, 2.05) is 0 Å². The molecule has 10 nitrogen and oxygen atoms in total. The number of ether oxygens (including phenoxy) is 3. The van der Waals surface area contributed by atoms with Gasteiger partial charge in [0.25, 0.3) is 5.91 Å². The van der Waals surface area contributed by atoms with Crippen molar-refractivity contribution in [3.8, 4) is 5.75 Å². The lowest BCUT2D eigenvalue weighted by Gasteiger charge is -2.09. The molecular weight excluding hydrogens is 408 g/mol. The number of esters is 2. The number of hydrogen-bond acceptors (Lipinski definition) is 8. The summed E-state index contributed by atoms with van der Waals surface area (Å²) >= 11 is 0. The van der Waals surface area contributed by atoms with Crippen molar-refractivity contribution in [1.82, 2.24) is 10.2 Å². The van der Waals surface area contributed by atoms with E-state index in [2.05, 4.69) is 10.1 Å². The van der Waals surface area contributed by atoms with Gasteiger partial charge in [0.05, 0.1) is 20.3 Å². The summed E-state index contributed by atoms with van der Waals surface area (Å²) in [6, 6.07) is 8.88. The van der Waals surface area contributed by atoms with E-state index in [0.29, 0.717) is 11.3 Å². The van der Waals surface area contributed by atoms with Crippen LogP contribution in [0.1, 0.15) is 28.8 Å². The van der Waals surface area contributed by atoms with E-state index in [4.69, 9.17) is 13.9 Å². The quantitative estimate of drug-likeness (QED) is 0.385. The molecule has 2 heterocycles. The Kier molecular flexibility index (Phi) is 6.71. The minimum Gasteiger partial charge on any atom is -0.482 e. The van der Waals surface area contributed by atoms with Crippen LogP contribution in [0.15, 0.2) is 46.5 Å². The molecule has 0 bridgehead atoms. The molecule has 2 aromatic rings. The van der Waals surface area contributed by atoms with Crippen LogP contribution in [-0.4, -0.2) is 49.1 Å². The fourth-order valence-electron chi connectivity index (χ4n) is 2.72. The predicted molar refractivity (Wildman–Crippen MR) is 106 cm³/mol. The summed E-state index contributed by atoms with van der Waals surface area (Å²) < 4.78 is 20.0. The molecule has 10 heteroatoms. The van der Waals surface area contributed by atoms with Gasteiger partial charge in [-0.15, -0.1) is 0 Å². The highest BCUT2D eigenvalue weighted by atomic mass is 16.6. The third-order valence-electron chi connectivity index (χ3n) is 4.18. The molecule has 1 N–H and O–H groups in total. The number of furan rings is 1. The Bertz CT molecular complexity index is 1020. The number of imide groups is 1. The van der Waals surface area contributed by atoms with E-state index in [-0.39, 0.29) is 37.0 Å². The van der Waals surface area contributed by atoms with Gasteiger partial charge in [0, 0.05) is 0 Å². The van der Waals surface area contributed by atoms with Gasteiger partial charge >= 0.3 is 18.0 Å². The zero-order valence-corrected chi connectivity index (χ0v) is 16.9. The van der Waals surface area contributed by atoms with E-state index in [1.165, 1.54) is 25.3 Å². The molecule has 3 rings (SSSR count). The van der Waals surface area contributed by atoms with Crippen LogP contribution >= 0.6 is 0 Å². The molecule has 3 amide bonds. The second-order valence-electron chi connectivity index (χ2n) is 6.30. The summed E-state index contributed by atoms with van der Waals surface area (Å²) in [5.41, 5.74) is 0.727. The molecule has 1 aromatic heterocycles. The van der Waals surface area contributed by atoms with Gasteiger partial charge in [0.1, 0.15) is 17.2 Å².